The first-order valence-electron chi connectivity index (χ1n) is 6.99. The Bertz CT molecular complexity index is 620. The maximum atomic E-state index is 9.01. The molecule has 2 atom stereocenters. The minimum atomic E-state index is 0.694. The first-order valence-corrected chi connectivity index (χ1v) is 6.99. The lowest BCUT2D eigenvalue weighted by atomic mass is 10.0. The highest BCUT2D eigenvalue weighted by Gasteiger charge is 2.38. The normalized spacial score (nSPS) is 21.5. The Morgan fingerprint density at radius 3 is 3.16 bits per heavy atom. The molecule has 0 spiro atoms. The summed E-state index contributed by atoms with van der Waals surface area (Å²) >= 11 is 0. The van der Waals surface area contributed by atoms with Crippen molar-refractivity contribution in [3.05, 3.63) is 35.5 Å². The smallest absolute Gasteiger partial charge is 0.0991 e. The number of nitriles is 1. The van der Waals surface area contributed by atoms with Crippen LogP contribution in [-0.2, 0) is 0 Å². The first-order chi connectivity index (χ1) is 9.33. The van der Waals surface area contributed by atoms with E-state index >= 15 is 0 Å². The highest BCUT2D eigenvalue weighted by atomic mass is 14.8. The summed E-state index contributed by atoms with van der Waals surface area (Å²) in [6.45, 7) is 1.11. The van der Waals surface area contributed by atoms with Crippen molar-refractivity contribution in [1.29, 1.82) is 5.26 Å². The summed E-state index contributed by atoms with van der Waals surface area (Å²) in [4.78, 5) is 3.33. The molecular weight excluding hydrogens is 234 g/mol. The number of aromatic nitrogens is 1. The summed E-state index contributed by atoms with van der Waals surface area (Å²) < 4.78 is 0. The molecule has 1 fully saturated rings. The Balaban J connectivity index is 1.77. The molecule has 1 saturated carbocycles. The van der Waals surface area contributed by atoms with Gasteiger partial charge < -0.3 is 10.3 Å². The third kappa shape index (κ3) is 2.36. The summed E-state index contributed by atoms with van der Waals surface area (Å²) in [5.74, 6) is 1.53. The van der Waals surface area contributed by atoms with Crippen LogP contribution < -0.4 is 5.32 Å². The Labute approximate surface area is 113 Å². The summed E-state index contributed by atoms with van der Waals surface area (Å²) in [6.07, 6.45) is 5.99. The van der Waals surface area contributed by atoms with Crippen LogP contribution in [0.1, 0.15) is 36.3 Å². The topological polar surface area (TPSA) is 51.6 Å². The van der Waals surface area contributed by atoms with Gasteiger partial charge in [-0.25, -0.2) is 0 Å². The van der Waals surface area contributed by atoms with E-state index in [9.17, 15) is 0 Å². The van der Waals surface area contributed by atoms with Crippen LogP contribution in [0.4, 0.5) is 0 Å². The molecule has 0 bridgehead atoms. The van der Waals surface area contributed by atoms with E-state index in [1.807, 2.05) is 25.2 Å². The van der Waals surface area contributed by atoms with Gasteiger partial charge in [-0.05, 0) is 68.5 Å². The molecule has 0 radical (unpaired) electrons. The molecule has 3 heteroatoms. The number of aromatic amines is 1. The molecule has 98 valence electrons. The predicted octanol–water partition coefficient (Wildman–Crippen LogP) is 3.14. The first kappa shape index (κ1) is 12.3. The Morgan fingerprint density at radius 2 is 2.37 bits per heavy atom. The number of hydrogen-bond acceptors (Lipinski definition) is 2. The van der Waals surface area contributed by atoms with Crippen molar-refractivity contribution >= 4 is 10.9 Å². The van der Waals surface area contributed by atoms with Crippen LogP contribution in [0, 0.1) is 17.2 Å². The fourth-order valence-electron chi connectivity index (χ4n) is 3.01. The number of H-pyrrole nitrogens is 1. The van der Waals surface area contributed by atoms with E-state index in [1.165, 1.54) is 30.2 Å². The van der Waals surface area contributed by atoms with Crippen LogP contribution in [0.25, 0.3) is 10.9 Å². The van der Waals surface area contributed by atoms with Gasteiger partial charge in [0.1, 0.15) is 0 Å². The summed E-state index contributed by atoms with van der Waals surface area (Å²) in [5.41, 5.74) is 3.30. The molecule has 1 aromatic heterocycles. The van der Waals surface area contributed by atoms with Crippen LogP contribution in [0.5, 0.6) is 0 Å². The van der Waals surface area contributed by atoms with Crippen molar-refractivity contribution in [2.24, 2.45) is 5.92 Å². The SMILES string of the molecule is CNCCC[C@@H]1C[C@H]1c1c[nH]c2ccc(C#N)cc12. The lowest BCUT2D eigenvalue weighted by molar-refractivity contribution is 0.620. The minimum absolute atomic E-state index is 0.694. The van der Waals surface area contributed by atoms with Crippen molar-refractivity contribution in [1.82, 2.24) is 10.3 Å². The minimum Gasteiger partial charge on any atom is -0.361 e. The van der Waals surface area contributed by atoms with Gasteiger partial charge in [0.05, 0.1) is 11.6 Å². The molecule has 1 aromatic carbocycles. The lowest BCUT2D eigenvalue weighted by Crippen LogP contribution is -2.07. The summed E-state index contributed by atoms with van der Waals surface area (Å²) in [7, 11) is 2.01. The van der Waals surface area contributed by atoms with Crippen molar-refractivity contribution in [2.45, 2.75) is 25.2 Å². The maximum absolute atomic E-state index is 9.01. The van der Waals surface area contributed by atoms with Gasteiger partial charge in [-0.2, -0.15) is 5.26 Å². The zero-order valence-electron chi connectivity index (χ0n) is 11.2. The van der Waals surface area contributed by atoms with E-state index in [0.717, 1.165) is 23.5 Å². The van der Waals surface area contributed by atoms with E-state index in [4.69, 9.17) is 5.26 Å². The molecule has 1 aliphatic rings. The number of rotatable bonds is 5. The Hall–Kier alpha value is -1.79. The molecule has 2 aromatic rings. The predicted molar refractivity (Wildman–Crippen MR) is 77.0 cm³/mol. The quantitative estimate of drug-likeness (QED) is 0.804. The molecule has 0 saturated heterocycles. The zero-order chi connectivity index (χ0) is 13.2. The van der Waals surface area contributed by atoms with Gasteiger partial charge in [-0.1, -0.05) is 0 Å². The van der Waals surface area contributed by atoms with Gasteiger partial charge in [-0.3, -0.25) is 0 Å². The van der Waals surface area contributed by atoms with Gasteiger partial charge in [0.15, 0.2) is 0 Å². The van der Waals surface area contributed by atoms with Gasteiger partial charge >= 0.3 is 0 Å². The fraction of sp³-hybridized carbons (Fsp3) is 0.438. The zero-order valence-corrected chi connectivity index (χ0v) is 11.2. The van der Waals surface area contributed by atoms with Crippen LogP contribution in [0.15, 0.2) is 24.4 Å². The number of benzene rings is 1. The van der Waals surface area contributed by atoms with Crippen LogP contribution >= 0.6 is 0 Å². The van der Waals surface area contributed by atoms with Gasteiger partial charge in [0.2, 0.25) is 0 Å². The largest absolute Gasteiger partial charge is 0.361 e. The third-order valence-corrected chi connectivity index (χ3v) is 4.17. The molecule has 0 unspecified atom stereocenters. The van der Waals surface area contributed by atoms with Gasteiger partial charge in [0, 0.05) is 17.1 Å². The van der Waals surface area contributed by atoms with Gasteiger partial charge in [0.25, 0.3) is 0 Å². The summed E-state index contributed by atoms with van der Waals surface area (Å²) in [5, 5.41) is 13.4. The van der Waals surface area contributed by atoms with Crippen LogP contribution in [0.3, 0.4) is 0 Å². The number of hydrogen-bond donors (Lipinski definition) is 2. The Kier molecular flexibility index (Phi) is 3.27. The molecule has 0 aliphatic heterocycles. The number of fused-ring (bicyclic) bond motifs is 1. The molecule has 2 N–H and O–H groups in total. The number of nitrogens with zero attached hydrogens (tertiary/aromatic N) is 1. The number of nitrogens with one attached hydrogen (secondary N) is 2. The standard InChI is InChI=1S/C16H19N3/c1-18-6-2-3-12-8-13(12)15-10-19-16-5-4-11(9-17)7-14(15)16/h4-5,7,10,12-13,18-19H,2-3,6,8H2,1H3/t12-,13-/m1/s1. The Morgan fingerprint density at radius 1 is 1.47 bits per heavy atom. The fourth-order valence-corrected chi connectivity index (χ4v) is 3.01. The van der Waals surface area contributed by atoms with Crippen molar-refractivity contribution < 1.29 is 0 Å². The average Bonchev–Trinajstić information content (AvgIpc) is 3.08. The molecule has 3 nitrogen and oxygen atoms in total. The molecule has 0 amide bonds. The van der Waals surface area contributed by atoms with E-state index in [2.05, 4.69) is 22.6 Å². The second-order valence-electron chi connectivity index (χ2n) is 5.46. The highest BCUT2D eigenvalue weighted by Crippen LogP contribution is 2.51. The van der Waals surface area contributed by atoms with E-state index in [0.29, 0.717) is 5.92 Å². The molecular formula is C16H19N3. The van der Waals surface area contributed by atoms with E-state index < -0.39 is 0 Å². The lowest BCUT2D eigenvalue weighted by Gasteiger charge is -2.00. The van der Waals surface area contributed by atoms with E-state index in [1.54, 1.807) is 0 Å². The molecule has 3 rings (SSSR count). The van der Waals surface area contributed by atoms with Crippen LogP contribution in [0.2, 0.25) is 0 Å². The van der Waals surface area contributed by atoms with Crippen LogP contribution in [-0.4, -0.2) is 18.6 Å². The van der Waals surface area contributed by atoms with Crippen molar-refractivity contribution in [2.75, 3.05) is 13.6 Å². The molecule has 1 heterocycles. The monoisotopic (exact) mass is 253 g/mol. The average molecular weight is 253 g/mol. The molecule has 19 heavy (non-hydrogen) atoms. The van der Waals surface area contributed by atoms with E-state index in [-0.39, 0.29) is 0 Å². The third-order valence-electron chi connectivity index (χ3n) is 4.17. The second-order valence-corrected chi connectivity index (χ2v) is 5.46. The highest BCUT2D eigenvalue weighted by molar-refractivity contribution is 5.85. The maximum Gasteiger partial charge on any atom is 0.0991 e. The van der Waals surface area contributed by atoms with Crippen molar-refractivity contribution in [3.63, 3.8) is 0 Å². The van der Waals surface area contributed by atoms with Gasteiger partial charge in [-0.15, -0.1) is 0 Å². The van der Waals surface area contributed by atoms with Crippen molar-refractivity contribution in [3.8, 4) is 6.07 Å². The summed E-state index contributed by atoms with van der Waals surface area (Å²) in [6, 6.07) is 8.13. The molecule has 1 aliphatic carbocycles. The second kappa shape index (κ2) is 5.07.